The molecule has 0 aliphatic heterocycles. The van der Waals surface area contributed by atoms with Gasteiger partial charge in [-0.15, -0.1) is 0 Å². The summed E-state index contributed by atoms with van der Waals surface area (Å²) in [7, 11) is 1.33. The minimum absolute atomic E-state index is 0.00890. The molecule has 0 bridgehead atoms. The number of ether oxygens (including phenoxy) is 1. The third kappa shape index (κ3) is 2.27. The molecule has 19 heavy (non-hydrogen) atoms. The molecule has 0 radical (unpaired) electrons. The van der Waals surface area contributed by atoms with Crippen molar-refractivity contribution in [2.45, 2.75) is 12.3 Å². The molecule has 0 fully saturated rings. The van der Waals surface area contributed by atoms with Crippen LogP contribution < -0.4 is 10.2 Å². The van der Waals surface area contributed by atoms with E-state index in [4.69, 9.17) is 9.15 Å². The zero-order valence-electron chi connectivity index (χ0n) is 9.62. The van der Waals surface area contributed by atoms with Gasteiger partial charge in [-0.3, -0.25) is 4.79 Å². The van der Waals surface area contributed by atoms with E-state index in [2.05, 4.69) is 0 Å². The molecule has 0 amide bonds. The summed E-state index contributed by atoms with van der Waals surface area (Å²) in [6, 6.07) is 4.30. The fraction of sp³-hybridized carbons (Fsp3) is 0.250. The molecule has 0 atom stereocenters. The Labute approximate surface area is 104 Å². The Kier molecular flexibility index (Phi) is 3.21. The molecule has 2 aromatic rings. The minimum atomic E-state index is -4.52. The van der Waals surface area contributed by atoms with Crippen molar-refractivity contribution >= 4 is 11.0 Å². The van der Waals surface area contributed by atoms with E-state index < -0.39 is 23.5 Å². The highest BCUT2D eigenvalue weighted by atomic mass is 19.3. The fourth-order valence-corrected chi connectivity index (χ4v) is 1.53. The maximum Gasteiger partial charge on any atom is 0.363 e. The van der Waals surface area contributed by atoms with Crippen LogP contribution in [0.5, 0.6) is 5.75 Å². The van der Waals surface area contributed by atoms with Crippen LogP contribution in [0.15, 0.2) is 33.5 Å². The Morgan fingerprint density at radius 2 is 1.95 bits per heavy atom. The van der Waals surface area contributed by atoms with Crippen molar-refractivity contribution in [2.75, 3.05) is 7.11 Å². The van der Waals surface area contributed by atoms with Gasteiger partial charge in [0.2, 0.25) is 0 Å². The van der Waals surface area contributed by atoms with Gasteiger partial charge in [0.25, 0.3) is 0 Å². The van der Waals surface area contributed by atoms with E-state index >= 15 is 0 Å². The summed E-state index contributed by atoms with van der Waals surface area (Å²) < 4.78 is 60.3. The predicted octanol–water partition coefficient (Wildman–Crippen LogP) is 3.16. The van der Waals surface area contributed by atoms with Crippen molar-refractivity contribution in [3.8, 4) is 5.75 Å². The summed E-state index contributed by atoms with van der Waals surface area (Å²) in [4.78, 5) is 11.6. The lowest BCUT2D eigenvalue weighted by molar-refractivity contribution is -0.147. The average molecular weight is 276 g/mol. The molecule has 0 N–H and O–H groups in total. The fourth-order valence-electron chi connectivity index (χ4n) is 1.53. The van der Waals surface area contributed by atoms with Crippen LogP contribution >= 0.6 is 0 Å². The summed E-state index contributed by atoms with van der Waals surface area (Å²) >= 11 is 0. The second kappa shape index (κ2) is 4.56. The van der Waals surface area contributed by atoms with Crippen LogP contribution in [0.3, 0.4) is 0 Å². The Morgan fingerprint density at radius 3 is 2.53 bits per heavy atom. The smallest absolute Gasteiger partial charge is 0.363 e. The van der Waals surface area contributed by atoms with E-state index in [0.29, 0.717) is 6.07 Å². The van der Waals surface area contributed by atoms with Gasteiger partial charge in [0, 0.05) is 12.1 Å². The highest BCUT2D eigenvalue weighted by molar-refractivity contribution is 5.78. The SMILES string of the molecule is COc1ccc2c(=O)cc(C(F)(F)C(F)F)oc2c1. The lowest BCUT2D eigenvalue weighted by atomic mass is 10.1. The van der Waals surface area contributed by atoms with Crippen LogP contribution in [0, 0.1) is 0 Å². The molecule has 0 saturated heterocycles. The van der Waals surface area contributed by atoms with Gasteiger partial charge in [-0.2, -0.15) is 8.78 Å². The van der Waals surface area contributed by atoms with Crippen molar-refractivity contribution in [3.63, 3.8) is 0 Å². The normalized spacial score (nSPS) is 12.1. The van der Waals surface area contributed by atoms with Gasteiger partial charge in [0.05, 0.1) is 12.5 Å². The minimum Gasteiger partial charge on any atom is -0.497 e. The van der Waals surface area contributed by atoms with E-state index in [1.807, 2.05) is 0 Å². The predicted molar refractivity (Wildman–Crippen MR) is 58.9 cm³/mol. The standard InChI is InChI=1S/C12H8F4O3/c1-18-6-2-3-7-8(17)5-10(19-9(7)4-6)12(15,16)11(13)14/h2-5,11H,1H3. The van der Waals surface area contributed by atoms with Crippen LogP contribution in [0.2, 0.25) is 0 Å². The summed E-state index contributed by atoms with van der Waals surface area (Å²) in [6.45, 7) is 0. The third-order valence-electron chi connectivity index (χ3n) is 2.54. The summed E-state index contributed by atoms with van der Waals surface area (Å²) in [5, 5.41) is 0.00890. The van der Waals surface area contributed by atoms with Crippen LogP contribution in [0.1, 0.15) is 5.76 Å². The number of alkyl halides is 4. The van der Waals surface area contributed by atoms with Gasteiger partial charge in [0.15, 0.2) is 11.2 Å². The Hall–Kier alpha value is -2.05. The lowest BCUT2D eigenvalue weighted by Crippen LogP contribution is -2.25. The van der Waals surface area contributed by atoms with Crippen LogP contribution in [-0.2, 0) is 5.92 Å². The molecule has 0 spiro atoms. The molecule has 1 aromatic carbocycles. The van der Waals surface area contributed by atoms with Crippen molar-refractivity contribution in [3.05, 3.63) is 40.2 Å². The molecule has 1 aromatic heterocycles. The van der Waals surface area contributed by atoms with Crippen molar-refractivity contribution in [1.29, 1.82) is 0 Å². The molecule has 102 valence electrons. The van der Waals surface area contributed by atoms with Crippen LogP contribution in [0.25, 0.3) is 11.0 Å². The molecule has 1 heterocycles. The molecule has 0 aliphatic carbocycles. The number of methoxy groups -OCH3 is 1. The number of rotatable bonds is 3. The van der Waals surface area contributed by atoms with Gasteiger partial charge < -0.3 is 9.15 Å². The third-order valence-corrected chi connectivity index (χ3v) is 2.54. The first kappa shape index (κ1) is 13.4. The van der Waals surface area contributed by atoms with Crippen molar-refractivity contribution < 1.29 is 26.7 Å². The average Bonchev–Trinajstić information content (AvgIpc) is 2.37. The largest absolute Gasteiger partial charge is 0.497 e. The zero-order chi connectivity index (χ0) is 14.2. The number of hydrogen-bond donors (Lipinski definition) is 0. The second-order valence-electron chi connectivity index (χ2n) is 3.76. The zero-order valence-corrected chi connectivity index (χ0v) is 9.62. The van der Waals surface area contributed by atoms with Crippen molar-refractivity contribution in [2.24, 2.45) is 0 Å². The molecular formula is C12H8F4O3. The number of benzene rings is 1. The Balaban J connectivity index is 2.69. The Morgan fingerprint density at radius 1 is 1.26 bits per heavy atom. The van der Waals surface area contributed by atoms with E-state index in [9.17, 15) is 22.4 Å². The number of hydrogen-bond acceptors (Lipinski definition) is 3. The molecule has 3 nitrogen and oxygen atoms in total. The van der Waals surface area contributed by atoms with Crippen LogP contribution in [-0.4, -0.2) is 13.5 Å². The van der Waals surface area contributed by atoms with Gasteiger partial charge in [-0.1, -0.05) is 0 Å². The van der Waals surface area contributed by atoms with Crippen LogP contribution in [0.4, 0.5) is 17.6 Å². The van der Waals surface area contributed by atoms with Gasteiger partial charge >= 0.3 is 12.3 Å². The van der Waals surface area contributed by atoms with E-state index in [0.717, 1.165) is 0 Å². The van der Waals surface area contributed by atoms with E-state index in [-0.39, 0.29) is 16.7 Å². The maximum absolute atomic E-state index is 13.2. The maximum atomic E-state index is 13.2. The van der Waals surface area contributed by atoms with Gasteiger partial charge in [-0.25, -0.2) is 8.78 Å². The first-order valence-corrected chi connectivity index (χ1v) is 5.14. The van der Waals surface area contributed by atoms with Gasteiger partial charge in [0.1, 0.15) is 11.3 Å². The Bertz CT molecular complexity index is 664. The highest BCUT2D eigenvalue weighted by Gasteiger charge is 2.46. The highest BCUT2D eigenvalue weighted by Crippen LogP contribution is 2.35. The molecule has 0 saturated carbocycles. The topological polar surface area (TPSA) is 39.4 Å². The quantitative estimate of drug-likeness (QED) is 0.808. The molecule has 7 heteroatoms. The molecular weight excluding hydrogens is 268 g/mol. The summed E-state index contributed by atoms with van der Waals surface area (Å²) in [5.74, 6) is -5.63. The first-order valence-electron chi connectivity index (χ1n) is 5.14. The van der Waals surface area contributed by atoms with Crippen molar-refractivity contribution in [1.82, 2.24) is 0 Å². The lowest BCUT2D eigenvalue weighted by Gasteiger charge is -2.14. The van der Waals surface area contributed by atoms with E-state index in [1.165, 1.54) is 25.3 Å². The van der Waals surface area contributed by atoms with E-state index in [1.54, 1.807) is 0 Å². The number of fused-ring (bicyclic) bond motifs is 1. The first-order chi connectivity index (χ1) is 8.86. The second-order valence-corrected chi connectivity index (χ2v) is 3.76. The molecule has 0 unspecified atom stereocenters. The summed E-state index contributed by atoms with van der Waals surface area (Å²) in [6.07, 6.45) is -3.96. The van der Waals surface area contributed by atoms with Gasteiger partial charge in [-0.05, 0) is 12.1 Å². The number of halogens is 4. The molecule has 0 aliphatic rings. The monoisotopic (exact) mass is 276 g/mol. The molecule has 2 rings (SSSR count). The summed E-state index contributed by atoms with van der Waals surface area (Å²) in [5.41, 5.74) is -1.05.